The highest BCUT2D eigenvalue weighted by Gasteiger charge is 2.10. The van der Waals surface area contributed by atoms with Gasteiger partial charge in [0.2, 0.25) is 11.0 Å². The second kappa shape index (κ2) is 8.24. The van der Waals surface area contributed by atoms with Crippen molar-refractivity contribution < 1.29 is 13.6 Å². The maximum absolute atomic E-state index is 13.1. The van der Waals surface area contributed by atoms with Gasteiger partial charge in [-0.1, -0.05) is 40.8 Å². The van der Waals surface area contributed by atoms with Crippen LogP contribution in [0.2, 0.25) is 0 Å². The lowest BCUT2D eigenvalue weighted by atomic mass is 10.2. The molecule has 0 radical (unpaired) electrons. The predicted molar refractivity (Wildman–Crippen MR) is 100 cm³/mol. The molecule has 0 aliphatic heterocycles. The third-order valence-corrected chi connectivity index (χ3v) is 5.21. The summed E-state index contributed by atoms with van der Waals surface area (Å²) in [7, 11) is 0. The Bertz CT molecular complexity index is 915. The van der Waals surface area contributed by atoms with Crippen LogP contribution in [0.15, 0.2) is 46.8 Å². The zero-order valence-electron chi connectivity index (χ0n) is 13.6. The Morgan fingerprint density at radius 3 is 2.54 bits per heavy atom. The number of anilines is 3. The van der Waals surface area contributed by atoms with Gasteiger partial charge in [0, 0.05) is 17.4 Å². The molecule has 1 amide bonds. The minimum Gasteiger partial charge on any atom is -0.330 e. The largest absolute Gasteiger partial charge is 0.330 e. The average Bonchev–Trinajstić information content (AvgIpc) is 3.06. The molecular formula is C17H14F2N4OS2. The Labute approximate surface area is 156 Å². The fourth-order valence-corrected chi connectivity index (χ4v) is 3.55. The van der Waals surface area contributed by atoms with Crippen LogP contribution in [0.4, 0.5) is 25.3 Å². The van der Waals surface area contributed by atoms with Crippen LogP contribution < -0.4 is 10.6 Å². The number of aromatic nitrogens is 2. The van der Waals surface area contributed by atoms with Crippen molar-refractivity contribution in [3.05, 3.63) is 59.7 Å². The Kier molecular flexibility index (Phi) is 5.79. The number of rotatable bonds is 6. The predicted octanol–water partition coefficient (Wildman–Crippen LogP) is 4.60. The number of carbonyl (C=O) groups is 1. The minimum absolute atomic E-state index is 0.0815. The fraction of sp³-hybridized carbons (Fsp3) is 0.118. The Morgan fingerprint density at radius 1 is 1.08 bits per heavy atom. The van der Waals surface area contributed by atoms with Crippen LogP contribution in [0.25, 0.3) is 0 Å². The van der Waals surface area contributed by atoms with Gasteiger partial charge in [-0.05, 0) is 31.2 Å². The van der Waals surface area contributed by atoms with E-state index in [1.807, 2.05) is 31.2 Å². The van der Waals surface area contributed by atoms with Crippen molar-refractivity contribution in [2.75, 3.05) is 16.4 Å². The number of thioether (sulfide) groups is 1. The summed E-state index contributed by atoms with van der Waals surface area (Å²) in [5.41, 5.74) is 2.27. The highest BCUT2D eigenvalue weighted by atomic mass is 32.2. The van der Waals surface area contributed by atoms with Crippen molar-refractivity contribution in [3.8, 4) is 0 Å². The third-order valence-electron chi connectivity index (χ3n) is 3.24. The standard InChI is InChI=1S/C17H14F2N4OS2/c1-10-2-4-11(5-3-10)21-16-22-23-17(26-16)25-9-15(24)20-12-6-7-13(18)14(19)8-12/h2-8H,9H2,1H3,(H,20,24)(H,21,22). The normalized spacial score (nSPS) is 10.6. The number of nitrogens with one attached hydrogen (secondary N) is 2. The minimum atomic E-state index is -1.01. The second-order valence-electron chi connectivity index (χ2n) is 5.33. The molecule has 0 saturated heterocycles. The Balaban J connectivity index is 1.51. The van der Waals surface area contributed by atoms with E-state index in [4.69, 9.17) is 0 Å². The maximum Gasteiger partial charge on any atom is 0.234 e. The molecule has 0 unspecified atom stereocenters. The van der Waals surface area contributed by atoms with Crippen molar-refractivity contribution in [2.45, 2.75) is 11.3 Å². The molecule has 26 heavy (non-hydrogen) atoms. The summed E-state index contributed by atoms with van der Waals surface area (Å²) < 4.78 is 26.6. The van der Waals surface area contributed by atoms with Crippen LogP contribution in [0.3, 0.4) is 0 Å². The summed E-state index contributed by atoms with van der Waals surface area (Å²) in [6.07, 6.45) is 0. The van der Waals surface area contributed by atoms with Gasteiger partial charge in [0.05, 0.1) is 5.75 Å². The number of nitrogens with zero attached hydrogens (tertiary/aromatic N) is 2. The second-order valence-corrected chi connectivity index (χ2v) is 7.53. The van der Waals surface area contributed by atoms with Gasteiger partial charge in [-0.3, -0.25) is 4.79 Å². The van der Waals surface area contributed by atoms with E-state index in [9.17, 15) is 13.6 Å². The lowest BCUT2D eigenvalue weighted by molar-refractivity contribution is -0.113. The van der Waals surface area contributed by atoms with Gasteiger partial charge >= 0.3 is 0 Å². The molecule has 0 bridgehead atoms. The molecule has 3 rings (SSSR count). The van der Waals surface area contributed by atoms with Gasteiger partial charge in [0.1, 0.15) is 0 Å². The van der Waals surface area contributed by atoms with Gasteiger partial charge in [-0.2, -0.15) is 0 Å². The third kappa shape index (κ3) is 4.99. The molecule has 3 aromatic rings. The summed E-state index contributed by atoms with van der Waals surface area (Å²) in [5, 5.41) is 14.3. The summed E-state index contributed by atoms with van der Waals surface area (Å²) in [6.45, 7) is 2.01. The molecule has 2 N–H and O–H groups in total. The van der Waals surface area contributed by atoms with Crippen molar-refractivity contribution in [2.24, 2.45) is 0 Å². The smallest absolute Gasteiger partial charge is 0.234 e. The first-order chi connectivity index (χ1) is 12.5. The van der Waals surface area contributed by atoms with Crippen LogP contribution >= 0.6 is 23.1 Å². The molecule has 0 atom stereocenters. The van der Waals surface area contributed by atoms with Crippen molar-refractivity contribution >= 4 is 45.5 Å². The summed E-state index contributed by atoms with van der Waals surface area (Å²) in [5.74, 6) is -2.23. The quantitative estimate of drug-likeness (QED) is 0.600. The van der Waals surface area contributed by atoms with E-state index in [0.29, 0.717) is 9.47 Å². The molecule has 0 spiro atoms. The molecule has 9 heteroatoms. The van der Waals surface area contributed by atoms with Crippen LogP contribution in [-0.4, -0.2) is 21.9 Å². The number of benzene rings is 2. The zero-order chi connectivity index (χ0) is 18.5. The van der Waals surface area contributed by atoms with Crippen molar-refractivity contribution in [1.82, 2.24) is 10.2 Å². The first kappa shape index (κ1) is 18.3. The molecular weight excluding hydrogens is 378 g/mol. The Hall–Kier alpha value is -2.52. The van der Waals surface area contributed by atoms with Crippen LogP contribution in [0.5, 0.6) is 0 Å². The van der Waals surface area contributed by atoms with E-state index in [2.05, 4.69) is 20.8 Å². The first-order valence-electron chi connectivity index (χ1n) is 7.54. The molecule has 2 aromatic carbocycles. The van der Waals surface area contributed by atoms with Crippen molar-refractivity contribution in [3.63, 3.8) is 0 Å². The molecule has 134 valence electrons. The number of aryl methyl sites for hydroxylation is 1. The van der Waals surface area contributed by atoms with Gasteiger partial charge < -0.3 is 10.6 Å². The highest BCUT2D eigenvalue weighted by Crippen LogP contribution is 2.27. The monoisotopic (exact) mass is 392 g/mol. The molecule has 1 aromatic heterocycles. The topological polar surface area (TPSA) is 66.9 Å². The van der Waals surface area contributed by atoms with Gasteiger partial charge in [-0.15, -0.1) is 10.2 Å². The Morgan fingerprint density at radius 2 is 1.81 bits per heavy atom. The van der Waals surface area contributed by atoms with Crippen LogP contribution in [0.1, 0.15) is 5.56 Å². The number of amides is 1. The lowest BCUT2D eigenvalue weighted by Crippen LogP contribution is -2.14. The molecule has 5 nitrogen and oxygen atoms in total. The number of carbonyl (C=O) groups excluding carboxylic acids is 1. The average molecular weight is 392 g/mol. The molecule has 0 aliphatic carbocycles. The SMILES string of the molecule is Cc1ccc(Nc2nnc(SCC(=O)Nc3ccc(F)c(F)c3)s2)cc1. The summed E-state index contributed by atoms with van der Waals surface area (Å²) in [6, 6.07) is 11.1. The molecule has 0 saturated carbocycles. The fourth-order valence-electron chi connectivity index (χ4n) is 1.98. The van der Waals surface area contributed by atoms with E-state index >= 15 is 0 Å². The number of hydrogen-bond acceptors (Lipinski definition) is 6. The van der Waals surface area contributed by atoms with E-state index in [1.165, 1.54) is 29.2 Å². The van der Waals surface area contributed by atoms with Gasteiger partial charge in [0.25, 0.3) is 0 Å². The van der Waals surface area contributed by atoms with Crippen molar-refractivity contribution in [1.29, 1.82) is 0 Å². The van der Waals surface area contributed by atoms with Crippen LogP contribution in [0, 0.1) is 18.6 Å². The highest BCUT2D eigenvalue weighted by molar-refractivity contribution is 8.01. The summed E-state index contributed by atoms with van der Waals surface area (Å²) >= 11 is 2.54. The van der Waals surface area contributed by atoms with E-state index < -0.39 is 11.6 Å². The number of hydrogen-bond donors (Lipinski definition) is 2. The van der Waals surface area contributed by atoms with E-state index in [1.54, 1.807) is 0 Å². The van der Waals surface area contributed by atoms with E-state index in [-0.39, 0.29) is 17.3 Å². The zero-order valence-corrected chi connectivity index (χ0v) is 15.3. The molecule has 1 heterocycles. The van der Waals surface area contributed by atoms with E-state index in [0.717, 1.165) is 23.4 Å². The first-order valence-corrected chi connectivity index (χ1v) is 9.35. The van der Waals surface area contributed by atoms with Crippen LogP contribution in [-0.2, 0) is 4.79 Å². The summed E-state index contributed by atoms with van der Waals surface area (Å²) in [4.78, 5) is 11.9. The molecule has 0 aliphatic rings. The lowest BCUT2D eigenvalue weighted by Gasteiger charge is -2.04. The molecule has 0 fully saturated rings. The van der Waals surface area contributed by atoms with Gasteiger partial charge in [-0.25, -0.2) is 8.78 Å². The maximum atomic E-state index is 13.1. The van der Waals surface area contributed by atoms with Gasteiger partial charge in [0.15, 0.2) is 16.0 Å². The number of halogens is 2.